The number of rotatable bonds is 4. The number of carbonyl (C=O) groups is 1. The molecule has 4 nitrogen and oxygen atoms in total. The number of nitrogens with two attached hydrogens (primary N) is 1. The topological polar surface area (TPSA) is 75.4 Å². The molecule has 0 fully saturated rings. The van der Waals surface area contributed by atoms with Gasteiger partial charge in [-0.15, -0.1) is 0 Å². The number of carbonyl (C=O) groups excluding carboxylic acids is 1. The molecule has 0 saturated heterocycles. The smallest absolute Gasteiger partial charge is 0.255 e. The van der Waals surface area contributed by atoms with E-state index in [1.54, 1.807) is 24.3 Å². The van der Waals surface area contributed by atoms with Gasteiger partial charge in [0.2, 0.25) is 0 Å². The van der Waals surface area contributed by atoms with Crippen LogP contribution in [0.25, 0.3) is 0 Å². The first-order chi connectivity index (χ1) is 9.60. The second-order valence-electron chi connectivity index (χ2n) is 4.36. The lowest BCUT2D eigenvalue weighted by molar-refractivity contribution is 0.102. The summed E-state index contributed by atoms with van der Waals surface area (Å²) in [7, 11) is 0. The Labute approximate surface area is 122 Å². The van der Waals surface area contributed by atoms with Crippen LogP contribution in [-0.2, 0) is 6.42 Å². The number of halogens is 1. The fourth-order valence-electron chi connectivity index (χ4n) is 1.76. The Morgan fingerprint density at radius 1 is 1.20 bits per heavy atom. The van der Waals surface area contributed by atoms with Gasteiger partial charge in [0.15, 0.2) is 0 Å². The van der Waals surface area contributed by atoms with Crippen molar-refractivity contribution in [1.29, 1.82) is 0 Å². The van der Waals surface area contributed by atoms with Crippen LogP contribution in [0.5, 0.6) is 0 Å². The van der Waals surface area contributed by atoms with Crippen molar-refractivity contribution in [3.05, 3.63) is 58.6 Å². The fourth-order valence-corrected chi connectivity index (χ4v) is 1.94. The van der Waals surface area contributed by atoms with Crippen LogP contribution in [0.1, 0.15) is 15.9 Å². The van der Waals surface area contributed by atoms with Gasteiger partial charge in [-0.2, -0.15) is 0 Å². The molecule has 0 bridgehead atoms. The Balaban J connectivity index is 2.08. The third-order valence-corrected chi connectivity index (χ3v) is 3.20. The van der Waals surface area contributed by atoms with Crippen molar-refractivity contribution in [1.82, 2.24) is 0 Å². The molecule has 2 aromatic carbocycles. The Hall–Kier alpha value is -2.04. The van der Waals surface area contributed by atoms with Gasteiger partial charge in [0.05, 0.1) is 10.7 Å². The van der Waals surface area contributed by atoms with Gasteiger partial charge in [-0.25, -0.2) is 0 Å². The predicted molar refractivity (Wildman–Crippen MR) is 81.0 cm³/mol. The number of amides is 1. The summed E-state index contributed by atoms with van der Waals surface area (Å²) in [6.45, 7) is 0.107. The van der Waals surface area contributed by atoms with E-state index < -0.39 is 0 Å². The van der Waals surface area contributed by atoms with E-state index in [0.29, 0.717) is 28.4 Å². The Morgan fingerprint density at radius 2 is 1.90 bits per heavy atom. The third kappa shape index (κ3) is 3.50. The van der Waals surface area contributed by atoms with Gasteiger partial charge in [0.25, 0.3) is 5.91 Å². The lowest BCUT2D eigenvalue weighted by atomic mass is 10.1. The average molecular weight is 291 g/mol. The van der Waals surface area contributed by atoms with Crippen LogP contribution in [-0.4, -0.2) is 17.6 Å². The van der Waals surface area contributed by atoms with Crippen molar-refractivity contribution in [3.8, 4) is 0 Å². The van der Waals surface area contributed by atoms with Crippen molar-refractivity contribution in [2.45, 2.75) is 6.42 Å². The summed E-state index contributed by atoms with van der Waals surface area (Å²) >= 11 is 5.89. The van der Waals surface area contributed by atoms with Gasteiger partial charge in [0, 0.05) is 17.9 Å². The molecule has 2 aromatic rings. The number of aliphatic hydroxyl groups is 1. The van der Waals surface area contributed by atoms with Gasteiger partial charge < -0.3 is 16.2 Å². The molecule has 4 N–H and O–H groups in total. The highest BCUT2D eigenvalue weighted by atomic mass is 35.5. The number of benzene rings is 2. The van der Waals surface area contributed by atoms with Crippen LogP contribution >= 0.6 is 11.6 Å². The SMILES string of the molecule is Nc1ccc(C(=O)Nc2ccc(CCO)cc2)cc1Cl. The fraction of sp³-hybridized carbons (Fsp3) is 0.133. The molecule has 1 amide bonds. The molecule has 0 radical (unpaired) electrons. The maximum Gasteiger partial charge on any atom is 0.255 e. The molecule has 20 heavy (non-hydrogen) atoms. The van der Waals surface area contributed by atoms with E-state index in [-0.39, 0.29) is 12.5 Å². The number of nitrogen functional groups attached to an aromatic ring is 1. The first-order valence-corrected chi connectivity index (χ1v) is 6.54. The quantitative estimate of drug-likeness (QED) is 0.758. The minimum atomic E-state index is -0.248. The van der Waals surface area contributed by atoms with Gasteiger partial charge in [-0.1, -0.05) is 23.7 Å². The van der Waals surface area contributed by atoms with E-state index in [1.165, 1.54) is 6.07 Å². The van der Waals surface area contributed by atoms with Gasteiger partial charge in [0.1, 0.15) is 0 Å². The average Bonchev–Trinajstić information content (AvgIpc) is 2.44. The summed E-state index contributed by atoms with van der Waals surface area (Å²) < 4.78 is 0. The molecule has 0 heterocycles. The van der Waals surface area contributed by atoms with E-state index in [2.05, 4.69) is 5.32 Å². The summed E-state index contributed by atoms with van der Waals surface area (Å²) in [6, 6.07) is 12.1. The molecule has 0 aliphatic heterocycles. The molecule has 0 aromatic heterocycles. The molecule has 0 aliphatic carbocycles. The van der Waals surface area contributed by atoms with Gasteiger partial charge >= 0.3 is 0 Å². The molecular weight excluding hydrogens is 276 g/mol. The first-order valence-electron chi connectivity index (χ1n) is 6.16. The molecule has 0 spiro atoms. The lowest BCUT2D eigenvalue weighted by Gasteiger charge is -2.07. The summed E-state index contributed by atoms with van der Waals surface area (Å²) in [5, 5.41) is 12.0. The number of aliphatic hydroxyl groups excluding tert-OH is 1. The zero-order chi connectivity index (χ0) is 14.5. The molecule has 0 aliphatic rings. The van der Waals surface area contributed by atoms with E-state index in [1.807, 2.05) is 12.1 Å². The summed E-state index contributed by atoms with van der Waals surface area (Å²) in [5.41, 5.74) is 8.19. The maximum absolute atomic E-state index is 12.0. The van der Waals surface area contributed by atoms with Crippen molar-refractivity contribution in [3.63, 3.8) is 0 Å². The van der Waals surface area contributed by atoms with Crippen LogP contribution < -0.4 is 11.1 Å². The van der Waals surface area contributed by atoms with Crippen LogP contribution in [0.2, 0.25) is 5.02 Å². The van der Waals surface area contributed by atoms with Crippen molar-refractivity contribution < 1.29 is 9.90 Å². The number of hydrogen-bond acceptors (Lipinski definition) is 3. The molecule has 0 unspecified atom stereocenters. The highest BCUT2D eigenvalue weighted by Crippen LogP contribution is 2.20. The number of nitrogens with one attached hydrogen (secondary N) is 1. The van der Waals surface area contributed by atoms with Crippen LogP contribution in [0.4, 0.5) is 11.4 Å². The monoisotopic (exact) mass is 290 g/mol. The molecule has 0 atom stereocenters. The molecule has 5 heteroatoms. The minimum absolute atomic E-state index is 0.107. The Morgan fingerprint density at radius 3 is 2.50 bits per heavy atom. The van der Waals surface area contributed by atoms with E-state index >= 15 is 0 Å². The zero-order valence-electron chi connectivity index (χ0n) is 10.8. The largest absolute Gasteiger partial charge is 0.398 e. The summed E-state index contributed by atoms with van der Waals surface area (Å²) in [5.74, 6) is -0.248. The minimum Gasteiger partial charge on any atom is -0.398 e. The summed E-state index contributed by atoms with van der Waals surface area (Å²) in [4.78, 5) is 12.0. The van der Waals surface area contributed by atoms with Crippen molar-refractivity contribution in [2.75, 3.05) is 17.7 Å². The molecule has 2 rings (SSSR count). The second kappa shape index (κ2) is 6.41. The number of anilines is 2. The van der Waals surface area contributed by atoms with Crippen molar-refractivity contribution >= 4 is 28.9 Å². The normalized spacial score (nSPS) is 10.3. The summed E-state index contributed by atoms with van der Waals surface area (Å²) in [6.07, 6.45) is 0.599. The first kappa shape index (κ1) is 14.4. The third-order valence-electron chi connectivity index (χ3n) is 2.87. The molecular formula is C15H15ClN2O2. The standard InChI is InChI=1S/C15H15ClN2O2/c16-13-9-11(3-6-14(13)17)15(20)18-12-4-1-10(2-5-12)7-8-19/h1-6,9,19H,7-8,17H2,(H,18,20). The maximum atomic E-state index is 12.0. The van der Waals surface area contributed by atoms with Crippen LogP contribution in [0, 0.1) is 0 Å². The van der Waals surface area contributed by atoms with E-state index in [4.69, 9.17) is 22.4 Å². The second-order valence-corrected chi connectivity index (χ2v) is 4.77. The Bertz CT molecular complexity index is 612. The zero-order valence-corrected chi connectivity index (χ0v) is 11.5. The van der Waals surface area contributed by atoms with Crippen molar-refractivity contribution in [2.24, 2.45) is 0 Å². The van der Waals surface area contributed by atoms with Gasteiger partial charge in [-0.3, -0.25) is 4.79 Å². The van der Waals surface area contributed by atoms with Crippen LogP contribution in [0.15, 0.2) is 42.5 Å². The molecule has 104 valence electrons. The van der Waals surface area contributed by atoms with E-state index in [0.717, 1.165) is 5.56 Å². The van der Waals surface area contributed by atoms with Crippen LogP contribution in [0.3, 0.4) is 0 Å². The highest BCUT2D eigenvalue weighted by Gasteiger charge is 2.08. The highest BCUT2D eigenvalue weighted by molar-refractivity contribution is 6.33. The molecule has 0 saturated carbocycles. The van der Waals surface area contributed by atoms with Gasteiger partial charge in [-0.05, 0) is 42.3 Å². The number of hydrogen-bond donors (Lipinski definition) is 3. The van der Waals surface area contributed by atoms with E-state index in [9.17, 15) is 4.79 Å². The predicted octanol–water partition coefficient (Wildman–Crippen LogP) is 2.71. The Kier molecular flexibility index (Phi) is 4.61. The lowest BCUT2D eigenvalue weighted by Crippen LogP contribution is -2.12.